The number of carbonyl (C=O) groups is 3. The number of carbonyl (C=O) groups excluding carboxylic acids is 3. The molecule has 3 rings (SSSR count). The Balaban J connectivity index is 1.50. The lowest BCUT2D eigenvalue weighted by molar-refractivity contribution is -0.146. The van der Waals surface area contributed by atoms with E-state index in [-0.39, 0.29) is 42.9 Å². The second-order valence-electron chi connectivity index (χ2n) is 6.27. The highest BCUT2D eigenvalue weighted by Gasteiger charge is 2.32. The number of rotatable bonds is 4. The molecule has 0 bridgehead atoms. The van der Waals surface area contributed by atoms with E-state index in [2.05, 4.69) is 20.8 Å². The number of piperazine rings is 1. The minimum Gasteiger partial charge on any atom is -0.339 e. The number of nitrogens with zero attached hydrogens (tertiary/aromatic N) is 3. The average molecular weight is 412 g/mol. The number of hydrogen-bond acceptors (Lipinski definition) is 4. The zero-order valence-corrected chi connectivity index (χ0v) is 15.3. The molecule has 134 valence electrons. The van der Waals surface area contributed by atoms with E-state index in [4.69, 9.17) is 0 Å². The van der Waals surface area contributed by atoms with Crippen LogP contribution >= 0.6 is 15.9 Å². The SMILES string of the molecule is O=C(CN1C(=O)CCC1=O)N1CCN(Cc2ccc(Br)cc2F)CC1. The summed E-state index contributed by atoms with van der Waals surface area (Å²) in [6.07, 6.45) is 0.386. The smallest absolute Gasteiger partial charge is 0.242 e. The molecule has 8 heteroatoms. The van der Waals surface area contributed by atoms with Crippen molar-refractivity contribution < 1.29 is 18.8 Å². The Labute approximate surface area is 153 Å². The van der Waals surface area contributed by atoms with Crippen LogP contribution in [0, 0.1) is 5.82 Å². The lowest BCUT2D eigenvalue weighted by atomic mass is 10.2. The zero-order chi connectivity index (χ0) is 18.0. The molecular formula is C17H19BrFN3O3. The number of amides is 3. The summed E-state index contributed by atoms with van der Waals surface area (Å²) in [5.74, 6) is -1.01. The molecule has 1 aromatic rings. The highest BCUT2D eigenvalue weighted by molar-refractivity contribution is 9.10. The van der Waals surface area contributed by atoms with Crippen LogP contribution in [0.5, 0.6) is 0 Å². The van der Waals surface area contributed by atoms with Crippen LogP contribution in [0.25, 0.3) is 0 Å². The first-order valence-corrected chi connectivity index (χ1v) is 9.00. The Bertz CT molecular complexity index is 688. The van der Waals surface area contributed by atoms with Crippen LogP contribution in [-0.2, 0) is 20.9 Å². The second-order valence-corrected chi connectivity index (χ2v) is 7.18. The van der Waals surface area contributed by atoms with E-state index < -0.39 is 0 Å². The van der Waals surface area contributed by atoms with E-state index in [9.17, 15) is 18.8 Å². The monoisotopic (exact) mass is 411 g/mol. The van der Waals surface area contributed by atoms with E-state index in [0.717, 1.165) is 4.90 Å². The standard InChI is InChI=1S/C17H19BrFN3O3/c18-13-2-1-12(14(19)9-13)10-20-5-7-21(8-6-20)17(25)11-22-15(23)3-4-16(22)24/h1-2,9H,3-8,10-11H2. The average Bonchev–Trinajstić information content (AvgIpc) is 2.90. The maximum atomic E-state index is 13.9. The Morgan fingerprint density at radius 1 is 1.08 bits per heavy atom. The van der Waals surface area contributed by atoms with Crippen molar-refractivity contribution in [1.82, 2.24) is 14.7 Å². The van der Waals surface area contributed by atoms with Gasteiger partial charge in [-0.3, -0.25) is 24.2 Å². The summed E-state index contributed by atoms with van der Waals surface area (Å²) in [6, 6.07) is 5.00. The first kappa shape index (κ1) is 18.0. The lowest BCUT2D eigenvalue weighted by Gasteiger charge is -2.35. The molecule has 0 unspecified atom stereocenters. The molecule has 2 aliphatic heterocycles. The van der Waals surface area contributed by atoms with Gasteiger partial charge < -0.3 is 4.90 Å². The quantitative estimate of drug-likeness (QED) is 0.702. The van der Waals surface area contributed by atoms with Crippen molar-refractivity contribution in [2.45, 2.75) is 19.4 Å². The van der Waals surface area contributed by atoms with Crippen molar-refractivity contribution in [2.75, 3.05) is 32.7 Å². The van der Waals surface area contributed by atoms with Crippen LogP contribution in [0.15, 0.2) is 22.7 Å². The number of hydrogen-bond donors (Lipinski definition) is 0. The summed E-state index contributed by atoms with van der Waals surface area (Å²) in [5, 5.41) is 0. The molecule has 0 atom stereocenters. The molecule has 0 aromatic heterocycles. The van der Waals surface area contributed by atoms with Crippen LogP contribution in [0.2, 0.25) is 0 Å². The molecule has 0 N–H and O–H groups in total. The van der Waals surface area contributed by atoms with Gasteiger partial charge in [0.05, 0.1) is 0 Å². The van der Waals surface area contributed by atoms with Gasteiger partial charge in [0.15, 0.2) is 0 Å². The number of halogens is 2. The van der Waals surface area contributed by atoms with Crippen LogP contribution in [0.1, 0.15) is 18.4 Å². The van der Waals surface area contributed by atoms with Gasteiger partial charge in [0.2, 0.25) is 17.7 Å². The predicted octanol–water partition coefficient (Wildman–Crippen LogP) is 1.38. The molecule has 2 fully saturated rings. The highest BCUT2D eigenvalue weighted by atomic mass is 79.9. The van der Waals surface area contributed by atoms with Crippen LogP contribution in [-0.4, -0.2) is 65.1 Å². The van der Waals surface area contributed by atoms with Crippen LogP contribution < -0.4 is 0 Å². The van der Waals surface area contributed by atoms with Crippen molar-refractivity contribution in [1.29, 1.82) is 0 Å². The third-order valence-electron chi connectivity index (χ3n) is 4.58. The molecule has 6 nitrogen and oxygen atoms in total. The van der Waals surface area contributed by atoms with Gasteiger partial charge >= 0.3 is 0 Å². The molecule has 0 aliphatic carbocycles. The maximum absolute atomic E-state index is 13.9. The van der Waals surface area contributed by atoms with Gasteiger partial charge in [0.25, 0.3) is 0 Å². The summed E-state index contributed by atoms with van der Waals surface area (Å²) in [7, 11) is 0. The summed E-state index contributed by atoms with van der Waals surface area (Å²) < 4.78 is 14.6. The third-order valence-corrected chi connectivity index (χ3v) is 5.08. The van der Waals surface area contributed by atoms with E-state index >= 15 is 0 Å². The van der Waals surface area contributed by atoms with E-state index in [1.54, 1.807) is 11.0 Å². The molecule has 1 aromatic carbocycles. The molecule has 0 radical (unpaired) electrons. The Morgan fingerprint density at radius 2 is 1.72 bits per heavy atom. The Kier molecular flexibility index (Phi) is 5.48. The van der Waals surface area contributed by atoms with Crippen molar-refractivity contribution in [3.05, 3.63) is 34.1 Å². The van der Waals surface area contributed by atoms with Crippen molar-refractivity contribution in [3.63, 3.8) is 0 Å². The largest absolute Gasteiger partial charge is 0.339 e. The van der Waals surface area contributed by atoms with Gasteiger partial charge in [-0.2, -0.15) is 0 Å². The molecule has 3 amide bonds. The van der Waals surface area contributed by atoms with E-state index in [1.165, 1.54) is 6.07 Å². The summed E-state index contributed by atoms with van der Waals surface area (Å²) in [4.78, 5) is 40.3. The van der Waals surface area contributed by atoms with Gasteiger partial charge in [-0.05, 0) is 12.1 Å². The molecular weight excluding hydrogens is 393 g/mol. The van der Waals surface area contributed by atoms with Gasteiger partial charge in [-0.1, -0.05) is 22.0 Å². The molecule has 2 saturated heterocycles. The fourth-order valence-electron chi connectivity index (χ4n) is 3.08. The topological polar surface area (TPSA) is 60.9 Å². The van der Waals surface area contributed by atoms with Gasteiger partial charge in [-0.25, -0.2) is 4.39 Å². The fraction of sp³-hybridized carbons (Fsp3) is 0.471. The van der Waals surface area contributed by atoms with E-state index in [1.807, 2.05) is 6.07 Å². The molecule has 0 saturated carbocycles. The number of imide groups is 1. The summed E-state index contributed by atoms with van der Waals surface area (Å²) in [6.45, 7) is 2.59. The molecule has 25 heavy (non-hydrogen) atoms. The Hall–Kier alpha value is -1.80. The number of benzene rings is 1. The van der Waals surface area contributed by atoms with E-state index in [0.29, 0.717) is 42.8 Å². The molecule has 2 aliphatic rings. The van der Waals surface area contributed by atoms with Crippen molar-refractivity contribution in [3.8, 4) is 0 Å². The molecule has 0 spiro atoms. The van der Waals surface area contributed by atoms with Gasteiger partial charge in [0.1, 0.15) is 12.4 Å². The predicted molar refractivity (Wildman–Crippen MR) is 91.9 cm³/mol. The van der Waals surface area contributed by atoms with Gasteiger partial charge in [0, 0.05) is 55.6 Å². The highest BCUT2D eigenvalue weighted by Crippen LogP contribution is 2.18. The number of likely N-dealkylation sites (tertiary alicyclic amines) is 1. The summed E-state index contributed by atoms with van der Waals surface area (Å²) in [5.41, 5.74) is 0.622. The molecule has 2 heterocycles. The van der Waals surface area contributed by atoms with Crippen LogP contribution in [0.3, 0.4) is 0 Å². The van der Waals surface area contributed by atoms with Crippen LogP contribution in [0.4, 0.5) is 4.39 Å². The third kappa shape index (κ3) is 4.24. The normalized spacial score (nSPS) is 19.0. The first-order chi connectivity index (χ1) is 11.9. The summed E-state index contributed by atoms with van der Waals surface area (Å²) >= 11 is 3.24. The maximum Gasteiger partial charge on any atom is 0.242 e. The van der Waals surface area contributed by atoms with Crippen molar-refractivity contribution in [2.24, 2.45) is 0 Å². The minimum absolute atomic E-state index is 0.168. The first-order valence-electron chi connectivity index (χ1n) is 8.21. The second kappa shape index (κ2) is 7.61. The fourth-order valence-corrected chi connectivity index (χ4v) is 3.41. The van der Waals surface area contributed by atoms with Gasteiger partial charge in [-0.15, -0.1) is 0 Å². The lowest BCUT2D eigenvalue weighted by Crippen LogP contribution is -2.51. The van der Waals surface area contributed by atoms with Crippen molar-refractivity contribution >= 4 is 33.7 Å². The zero-order valence-electron chi connectivity index (χ0n) is 13.7. The Morgan fingerprint density at radius 3 is 2.32 bits per heavy atom. The minimum atomic E-state index is -0.275.